The van der Waals surface area contributed by atoms with Crippen LogP contribution in [0.25, 0.3) is 10.9 Å². The van der Waals surface area contributed by atoms with Crippen molar-refractivity contribution >= 4 is 16.6 Å². The number of pyridine rings is 1. The SMILES string of the molecule is CNc1ccnc2c(Oc3ccc(C(F)(F)F)cc3)cccc12. The van der Waals surface area contributed by atoms with Crippen molar-refractivity contribution in [3.63, 3.8) is 0 Å². The topological polar surface area (TPSA) is 34.2 Å². The lowest BCUT2D eigenvalue weighted by Crippen LogP contribution is -2.04. The minimum absolute atomic E-state index is 0.321. The highest BCUT2D eigenvalue weighted by molar-refractivity contribution is 5.94. The molecule has 1 heterocycles. The Kier molecular flexibility index (Phi) is 3.82. The molecule has 118 valence electrons. The lowest BCUT2D eigenvalue weighted by molar-refractivity contribution is -0.137. The molecule has 0 amide bonds. The number of benzene rings is 2. The van der Waals surface area contributed by atoms with E-state index in [2.05, 4.69) is 10.3 Å². The van der Waals surface area contributed by atoms with Gasteiger partial charge in [0.25, 0.3) is 0 Å². The van der Waals surface area contributed by atoms with Crippen LogP contribution in [0.15, 0.2) is 54.7 Å². The van der Waals surface area contributed by atoms with Crippen molar-refractivity contribution in [1.82, 2.24) is 4.98 Å². The van der Waals surface area contributed by atoms with Gasteiger partial charge in [0.1, 0.15) is 11.3 Å². The molecule has 0 aliphatic rings. The molecule has 0 aliphatic heterocycles. The molecule has 6 heteroatoms. The lowest BCUT2D eigenvalue weighted by Gasteiger charge is -2.11. The second kappa shape index (κ2) is 5.79. The van der Waals surface area contributed by atoms with Crippen LogP contribution in [0.1, 0.15) is 5.56 Å². The van der Waals surface area contributed by atoms with E-state index in [0.717, 1.165) is 23.2 Å². The Morgan fingerprint density at radius 1 is 1.00 bits per heavy atom. The maximum Gasteiger partial charge on any atom is 0.416 e. The number of rotatable bonds is 3. The molecule has 0 fully saturated rings. The van der Waals surface area contributed by atoms with E-state index >= 15 is 0 Å². The van der Waals surface area contributed by atoms with Crippen LogP contribution in [0.2, 0.25) is 0 Å². The van der Waals surface area contributed by atoms with Gasteiger partial charge in [0.05, 0.1) is 5.56 Å². The van der Waals surface area contributed by atoms with E-state index < -0.39 is 11.7 Å². The Bertz CT molecular complexity index is 829. The number of hydrogen-bond acceptors (Lipinski definition) is 3. The molecule has 1 N–H and O–H groups in total. The molecule has 0 unspecified atom stereocenters. The van der Waals surface area contributed by atoms with E-state index in [9.17, 15) is 13.2 Å². The van der Waals surface area contributed by atoms with E-state index in [1.165, 1.54) is 12.1 Å². The van der Waals surface area contributed by atoms with Crippen molar-refractivity contribution < 1.29 is 17.9 Å². The Morgan fingerprint density at radius 3 is 2.39 bits per heavy atom. The third kappa shape index (κ3) is 3.06. The first-order chi connectivity index (χ1) is 11.0. The van der Waals surface area contributed by atoms with Crippen LogP contribution < -0.4 is 10.1 Å². The van der Waals surface area contributed by atoms with E-state index in [4.69, 9.17) is 4.74 Å². The van der Waals surface area contributed by atoms with Gasteiger partial charge >= 0.3 is 6.18 Å². The van der Waals surface area contributed by atoms with Crippen molar-refractivity contribution in [3.05, 3.63) is 60.3 Å². The fraction of sp³-hybridized carbons (Fsp3) is 0.118. The van der Waals surface area contributed by atoms with Crippen LogP contribution in [0.3, 0.4) is 0 Å². The van der Waals surface area contributed by atoms with Gasteiger partial charge in [-0.3, -0.25) is 4.98 Å². The summed E-state index contributed by atoms with van der Waals surface area (Å²) < 4.78 is 43.4. The van der Waals surface area contributed by atoms with E-state index in [1.54, 1.807) is 19.3 Å². The summed E-state index contributed by atoms with van der Waals surface area (Å²) in [5.74, 6) is 0.807. The Morgan fingerprint density at radius 2 is 1.74 bits per heavy atom. The molecule has 3 nitrogen and oxygen atoms in total. The predicted octanol–water partition coefficient (Wildman–Crippen LogP) is 5.09. The standard InChI is InChI=1S/C17H13F3N2O/c1-21-14-9-10-22-16-13(14)3-2-4-15(16)23-12-7-5-11(6-8-12)17(18,19)20/h2-10H,1H3,(H,21,22). The van der Waals surface area contributed by atoms with Crippen molar-refractivity contribution in [2.24, 2.45) is 0 Å². The highest BCUT2D eigenvalue weighted by Gasteiger charge is 2.30. The van der Waals surface area contributed by atoms with Gasteiger partial charge in [-0.25, -0.2) is 0 Å². The quantitative estimate of drug-likeness (QED) is 0.730. The van der Waals surface area contributed by atoms with Crippen molar-refractivity contribution in [2.45, 2.75) is 6.18 Å². The molecule has 3 aromatic rings. The van der Waals surface area contributed by atoms with Crippen LogP contribution in [0.5, 0.6) is 11.5 Å². The summed E-state index contributed by atoms with van der Waals surface area (Å²) in [4.78, 5) is 4.30. The number of ether oxygens (including phenoxy) is 1. The summed E-state index contributed by atoms with van der Waals surface area (Å²) in [5.41, 5.74) is 0.825. The minimum Gasteiger partial charge on any atom is -0.455 e. The van der Waals surface area contributed by atoms with Gasteiger partial charge < -0.3 is 10.1 Å². The fourth-order valence-corrected chi connectivity index (χ4v) is 2.29. The van der Waals surface area contributed by atoms with Gasteiger partial charge in [-0.2, -0.15) is 13.2 Å². The number of para-hydroxylation sites is 1. The summed E-state index contributed by atoms with van der Waals surface area (Å²) in [5, 5.41) is 3.94. The number of hydrogen-bond donors (Lipinski definition) is 1. The molecule has 3 rings (SSSR count). The molecule has 1 aromatic heterocycles. The molecule has 0 bridgehead atoms. The summed E-state index contributed by atoms with van der Waals surface area (Å²) in [7, 11) is 1.80. The largest absolute Gasteiger partial charge is 0.455 e. The molecular formula is C17H13F3N2O. The number of anilines is 1. The number of aromatic nitrogens is 1. The van der Waals surface area contributed by atoms with Gasteiger partial charge in [0.15, 0.2) is 5.75 Å². The summed E-state index contributed by atoms with van der Waals surface area (Å²) in [6, 6.07) is 11.8. The second-order valence-electron chi connectivity index (χ2n) is 4.89. The number of alkyl halides is 3. The lowest BCUT2D eigenvalue weighted by atomic mass is 10.1. The molecule has 0 saturated carbocycles. The molecule has 23 heavy (non-hydrogen) atoms. The third-order valence-corrected chi connectivity index (χ3v) is 3.41. The maximum atomic E-state index is 12.6. The van der Waals surface area contributed by atoms with Crippen molar-refractivity contribution in [3.8, 4) is 11.5 Å². The molecule has 0 saturated heterocycles. The van der Waals surface area contributed by atoms with Crippen LogP contribution in [-0.2, 0) is 6.18 Å². The zero-order valence-electron chi connectivity index (χ0n) is 12.2. The average Bonchev–Trinajstić information content (AvgIpc) is 2.54. The zero-order chi connectivity index (χ0) is 16.4. The van der Waals surface area contributed by atoms with Gasteiger partial charge in [0, 0.05) is 24.3 Å². The van der Waals surface area contributed by atoms with Crippen LogP contribution in [0.4, 0.5) is 18.9 Å². The molecule has 0 radical (unpaired) electrons. The van der Waals surface area contributed by atoms with Crippen LogP contribution in [0, 0.1) is 0 Å². The van der Waals surface area contributed by atoms with Gasteiger partial charge in [-0.1, -0.05) is 12.1 Å². The molecular weight excluding hydrogens is 305 g/mol. The smallest absolute Gasteiger partial charge is 0.416 e. The van der Waals surface area contributed by atoms with Gasteiger partial charge in [-0.15, -0.1) is 0 Å². The number of nitrogens with zero attached hydrogens (tertiary/aromatic N) is 1. The Labute approximate surface area is 130 Å². The Hall–Kier alpha value is -2.76. The predicted molar refractivity (Wildman–Crippen MR) is 82.8 cm³/mol. The van der Waals surface area contributed by atoms with E-state index in [1.807, 2.05) is 18.2 Å². The highest BCUT2D eigenvalue weighted by Crippen LogP contribution is 2.34. The highest BCUT2D eigenvalue weighted by atomic mass is 19.4. The van der Waals surface area contributed by atoms with Gasteiger partial charge in [-0.05, 0) is 36.4 Å². The average molecular weight is 318 g/mol. The first-order valence-corrected chi connectivity index (χ1v) is 6.89. The van der Waals surface area contributed by atoms with E-state index in [0.29, 0.717) is 17.0 Å². The summed E-state index contributed by atoms with van der Waals surface area (Å²) in [6.45, 7) is 0. The number of nitrogens with one attached hydrogen (secondary N) is 1. The Balaban J connectivity index is 1.96. The third-order valence-electron chi connectivity index (χ3n) is 3.41. The first kappa shape index (κ1) is 15.1. The van der Waals surface area contributed by atoms with Crippen molar-refractivity contribution in [2.75, 3.05) is 12.4 Å². The number of halogens is 3. The normalized spacial score (nSPS) is 11.5. The second-order valence-corrected chi connectivity index (χ2v) is 4.89. The summed E-state index contributed by atoms with van der Waals surface area (Å²) in [6.07, 6.45) is -2.71. The van der Waals surface area contributed by atoms with Crippen molar-refractivity contribution in [1.29, 1.82) is 0 Å². The summed E-state index contributed by atoms with van der Waals surface area (Å²) >= 11 is 0. The minimum atomic E-state index is -4.36. The molecule has 0 atom stereocenters. The van der Waals surface area contributed by atoms with Crippen LogP contribution >= 0.6 is 0 Å². The molecule has 0 aliphatic carbocycles. The monoisotopic (exact) mass is 318 g/mol. The van der Waals surface area contributed by atoms with Gasteiger partial charge in [0.2, 0.25) is 0 Å². The fourth-order valence-electron chi connectivity index (χ4n) is 2.29. The first-order valence-electron chi connectivity index (χ1n) is 6.89. The number of fused-ring (bicyclic) bond motifs is 1. The molecule has 0 spiro atoms. The van der Waals surface area contributed by atoms with E-state index in [-0.39, 0.29) is 0 Å². The zero-order valence-corrected chi connectivity index (χ0v) is 12.2. The molecule has 2 aromatic carbocycles. The maximum absolute atomic E-state index is 12.6. The van der Waals surface area contributed by atoms with Crippen LogP contribution in [-0.4, -0.2) is 12.0 Å².